The van der Waals surface area contributed by atoms with Crippen LogP contribution in [0.2, 0.25) is 0 Å². The number of rotatable bonds is 5. The summed E-state index contributed by atoms with van der Waals surface area (Å²) in [6.45, 7) is 6.54. The van der Waals surface area contributed by atoms with Gasteiger partial charge >= 0.3 is 6.09 Å². The maximum Gasteiger partial charge on any atom is 0.412 e. The molecule has 21 heavy (non-hydrogen) atoms. The topological polar surface area (TPSA) is 92.7 Å². The van der Waals surface area contributed by atoms with E-state index in [4.69, 9.17) is 4.74 Å². The summed E-state index contributed by atoms with van der Waals surface area (Å²) in [5.41, 5.74) is -0.577. The molecule has 0 saturated heterocycles. The van der Waals surface area contributed by atoms with Gasteiger partial charge in [-0.15, -0.1) is 11.3 Å². The first-order chi connectivity index (χ1) is 9.60. The number of carbonyl (C=O) groups excluding carboxylic acids is 1. The van der Waals surface area contributed by atoms with Crippen molar-refractivity contribution in [3.8, 4) is 0 Å². The molecular weight excluding hydrogens is 314 g/mol. The Morgan fingerprint density at radius 2 is 2.05 bits per heavy atom. The van der Waals surface area contributed by atoms with E-state index < -0.39 is 21.5 Å². The molecule has 1 amide bonds. The predicted molar refractivity (Wildman–Crippen MR) is 82.4 cm³/mol. The lowest BCUT2D eigenvalue weighted by Crippen LogP contribution is -2.27. The van der Waals surface area contributed by atoms with Crippen molar-refractivity contribution in [3.05, 3.63) is 10.3 Å². The fourth-order valence-electron chi connectivity index (χ4n) is 1.64. The zero-order valence-corrected chi connectivity index (χ0v) is 14.2. The molecule has 0 radical (unpaired) electrons. The van der Waals surface area contributed by atoms with Crippen molar-refractivity contribution in [1.82, 2.24) is 0 Å². The first-order valence-electron chi connectivity index (χ1n) is 6.54. The Labute approximate surface area is 129 Å². The minimum atomic E-state index is -3.49. The quantitative estimate of drug-likeness (QED) is 0.863. The molecule has 0 saturated carbocycles. The molecule has 0 atom stereocenters. The maximum absolute atomic E-state index is 12.2. The molecule has 0 aliphatic heterocycles. The third kappa shape index (κ3) is 4.98. The first kappa shape index (κ1) is 17.9. The number of ether oxygens (including phenoxy) is 1. The number of aliphatic hydroxyl groups is 1. The van der Waals surface area contributed by atoms with E-state index in [9.17, 15) is 18.3 Å². The van der Waals surface area contributed by atoms with Crippen LogP contribution in [-0.4, -0.2) is 31.0 Å². The van der Waals surface area contributed by atoms with Crippen molar-refractivity contribution < 1.29 is 23.1 Å². The summed E-state index contributed by atoms with van der Waals surface area (Å²) in [5.74, 6) is -0.0163. The molecule has 1 aromatic heterocycles. The minimum Gasteiger partial charge on any atom is -0.444 e. The number of thiophene rings is 1. The highest BCUT2D eigenvalue weighted by Gasteiger charge is 2.25. The molecule has 0 unspecified atom stereocenters. The average molecular weight is 335 g/mol. The van der Waals surface area contributed by atoms with E-state index in [0.29, 0.717) is 11.3 Å². The maximum atomic E-state index is 12.2. The lowest BCUT2D eigenvalue weighted by molar-refractivity contribution is 0.0635. The molecule has 120 valence electrons. The summed E-state index contributed by atoms with van der Waals surface area (Å²) < 4.78 is 29.5. The Kier molecular flexibility index (Phi) is 5.77. The summed E-state index contributed by atoms with van der Waals surface area (Å²) in [7, 11) is -3.49. The lowest BCUT2D eigenvalue weighted by atomic mass is 10.2. The number of sulfone groups is 1. The first-order valence-corrected chi connectivity index (χ1v) is 9.08. The van der Waals surface area contributed by atoms with Gasteiger partial charge in [-0.2, -0.15) is 0 Å². The molecule has 8 heteroatoms. The standard InChI is InChI=1S/C13H21NO5S2/c1-5-6-21(17,18)10-8-20-9(7-15)11(10)14-12(16)19-13(2,3)4/h8,15H,5-7H2,1-4H3,(H,14,16). The monoisotopic (exact) mass is 335 g/mol. The normalized spacial score (nSPS) is 12.2. The van der Waals surface area contributed by atoms with Gasteiger partial charge in [0.05, 0.1) is 22.9 Å². The zero-order valence-electron chi connectivity index (χ0n) is 12.6. The van der Waals surface area contributed by atoms with Crippen molar-refractivity contribution in [3.63, 3.8) is 0 Å². The third-order valence-electron chi connectivity index (χ3n) is 2.41. The van der Waals surface area contributed by atoms with Gasteiger partial charge in [0.15, 0.2) is 9.84 Å². The molecule has 0 fully saturated rings. The molecule has 0 aliphatic rings. The second-order valence-corrected chi connectivity index (χ2v) is 8.54. The molecule has 2 N–H and O–H groups in total. The van der Waals surface area contributed by atoms with Gasteiger partial charge in [0, 0.05) is 5.38 Å². The highest BCUT2D eigenvalue weighted by Crippen LogP contribution is 2.33. The number of anilines is 1. The van der Waals surface area contributed by atoms with Crippen LogP contribution in [0.15, 0.2) is 10.3 Å². The van der Waals surface area contributed by atoms with Gasteiger partial charge in [0.25, 0.3) is 0 Å². The largest absolute Gasteiger partial charge is 0.444 e. The summed E-state index contributed by atoms with van der Waals surface area (Å²) in [6.07, 6.45) is -0.276. The molecule has 0 aliphatic carbocycles. The average Bonchev–Trinajstić information content (AvgIpc) is 2.69. The molecule has 6 nitrogen and oxygen atoms in total. The summed E-state index contributed by atoms with van der Waals surface area (Å²) >= 11 is 1.09. The van der Waals surface area contributed by atoms with Crippen molar-refractivity contribution in [2.75, 3.05) is 11.1 Å². The second kappa shape index (κ2) is 6.76. The van der Waals surface area contributed by atoms with E-state index in [2.05, 4.69) is 5.32 Å². The smallest absolute Gasteiger partial charge is 0.412 e. The molecular formula is C13H21NO5S2. The van der Waals surface area contributed by atoms with E-state index >= 15 is 0 Å². The number of hydrogen-bond donors (Lipinski definition) is 2. The fourth-order valence-corrected chi connectivity index (χ4v) is 4.40. The predicted octanol–water partition coefficient (Wildman–Crippen LogP) is 2.77. The number of hydrogen-bond acceptors (Lipinski definition) is 6. The number of carbonyl (C=O) groups is 1. The summed E-state index contributed by atoms with van der Waals surface area (Å²) in [6, 6.07) is 0. The zero-order chi connectivity index (χ0) is 16.3. The Balaban J connectivity index is 3.11. The van der Waals surface area contributed by atoms with Crippen molar-refractivity contribution in [2.45, 2.75) is 51.2 Å². The summed E-state index contributed by atoms with van der Waals surface area (Å²) in [5, 5.41) is 13.2. The van der Waals surface area contributed by atoms with Crippen LogP contribution in [0.5, 0.6) is 0 Å². The molecule has 0 spiro atoms. The molecule has 0 aromatic carbocycles. The number of nitrogens with one attached hydrogen (secondary N) is 1. The van der Waals surface area contributed by atoms with E-state index in [-0.39, 0.29) is 22.9 Å². The second-order valence-electron chi connectivity index (χ2n) is 5.50. The molecule has 1 aromatic rings. The number of amides is 1. The van der Waals surface area contributed by atoms with E-state index in [1.54, 1.807) is 27.7 Å². The van der Waals surface area contributed by atoms with Crippen molar-refractivity contribution in [1.29, 1.82) is 0 Å². The lowest BCUT2D eigenvalue weighted by Gasteiger charge is -2.20. The van der Waals surface area contributed by atoms with Gasteiger partial charge in [-0.05, 0) is 27.2 Å². The molecule has 1 heterocycles. The van der Waals surface area contributed by atoms with Gasteiger partial charge in [0.1, 0.15) is 10.5 Å². The van der Waals surface area contributed by atoms with Gasteiger partial charge in [-0.1, -0.05) is 6.92 Å². The number of aliphatic hydroxyl groups excluding tert-OH is 1. The minimum absolute atomic E-state index is 0.0163. The van der Waals surface area contributed by atoms with Gasteiger partial charge in [0.2, 0.25) is 0 Å². The highest BCUT2D eigenvalue weighted by atomic mass is 32.2. The van der Waals surface area contributed by atoms with Crippen LogP contribution in [0.25, 0.3) is 0 Å². The molecule has 0 bridgehead atoms. The van der Waals surface area contributed by atoms with E-state index in [1.807, 2.05) is 0 Å². The van der Waals surface area contributed by atoms with Gasteiger partial charge < -0.3 is 9.84 Å². The Morgan fingerprint density at radius 3 is 2.52 bits per heavy atom. The van der Waals surface area contributed by atoms with Crippen LogP contribution in [0, 0.1) is 0 Å². The van der Waals surface area contributed by atoms with Crippen LogP contribution < -0.4 is 5.32 Å². The van der Waals surface area contributed by atoms with Crippen LogP contribution in [0.3, 0.4) is 0 Å². The van der Waals surface area contributed by atoms with E-state index in [0.717, 1.165) is 11.3 Å². The Hall–Kier alpha value is -1.12. The summed E-state index contributed by atoms with van der Waals surface area (Å²) in [4.78, 5) is 12.2. The van der Waals surface area contributed by atoms with Crippen molar-refractivity contribution in [2.24, 2.45) is 0 Å². The van der Waals surface area contributed by atoms with E-state index in [1.165, 1.54) is 5.38 Å². The van der Waals surface area contributed by atoms with Crippen molar-refractivity contribution >= 4 is 33.0 Å². The fraction of sp³-hybridized carbons (Fsp3) is 0.615. The highest BCUT2D eigenvalue weighted by molar-refractivity contribution is 7.91. The van der Waals surface area contributed by atoms with Crippen LogP contribution in [-0.2, 0) is 21.2 Å². The third-order valence-corrected chi connectivity index (χ3v) is 5.47. The van der Waals surface area contributed by atoms with Gasteiger partial charge in [-0.3, -0.25) is 5.32 Å². The van der Waals surface area contributed by atoms with Crippen LogP contribution in [0.1, 0.15) is 39.0 Å². The van der Waals surface area contributed by atoms with Crippen LogP contribution in [0.4, 0.5) is 10.5 Å². The Morgan fingerprint density at radius 1 is 1.43 bits per heavy atom. The van der Waals surface area contributed by atoms with Crippen LogP contribution >= 0.6 is 11.3 Å². The molecule has 1 rings (SSSR count). The Bertz CT molecular complexity index is 599. The van der Waals surface area contributed by atoms with Gasteiger partial charge in [-0.25, -0.2) is 13.2 Å². The SMILES string of the molecule is CCCS(=O)(=O)c1csc(CO)c1NC(=O)OC(C)(C)C.